The van der Waals surface area contributed by atoms with E-state index in [0.29, 0.717) is 17.9 Å². The molecule has 0 radical (unpaired) electrons. The first-order chi connectivity index (χ1) is 13.1. The summed E-state index contributed by atoms with van der Waals surface area (Å²) in [6, 6.07) is 17.6. The van der Waals surface area contributed by atoms with Crippen LogP contribution >= 0.6 is 0 Å². The van der Waals surface area contributed by atoms with E-state index in [2.05, 4.69) is 11.1 Å². The zero-order chi connectivity index (χ0) is 19.4. The maximum atomic E-state index is 9.79. The molecule has 1 heterocycles. The van der Waals surface area contributed by atoms with Crippen LogP contribution in [-0.2, 0) is 0 Å². The third-order valence-corrected chi connectivity index (χ3v) is 4.35. The second-order valence-electron chi connectivity index (χ2n) is 5.98. The van der Waals surface area contributed by atoms with Gasteiger partial charge in [0, 0.05) is 22.4 Å². The Labute approximate surface area is 159 Å². The lowest BCUT2D eigenvalue weighted by atomic mass is 9.89. The molecule has 0 aliphatic carbocycles. The van der Waals surface area contributed by atoms with E-state index in [1.165, 1.54) is 0 Å². The fraction of sp³-hybridized carbons (Fsp3) is 0.182. The maximum Gasteiger partial charge on any atom is 0.142 e. The number of hydrogen-bond acceptors (Lipinski definition) is 5. The molecule has 0 aliphatic rings. The van der Waals surface area contributed by atoms with Crippen LogP contribution in [0.1, 0.15) is 18.2 Å². The molecular weight excluding hydrogens is 338 g/mol. The Kier molecular flexibility index (Phi) is 5.28. The lowest BCUT2D eigenvalue weighted by Crippen LogP contribution is -2.04. The van der Waals surface area contributed by atoms with E-state index >= 15 is 0 Å². The molecule has 0 saturated heterocycles. The third-order valence-electron chi connectivity index (χ3n) is 4.35. The van der Waals surface area contributed by atoms with E-state index in [1.807, 2.05) is 62.4 Å². The van der Waals surface area contributed by atoms with Gasteiger partial charge in [-0.05, 0) is 37.6 Å². The standard InChI is InChI=1S/C22H21N3O2/c1-4-27-19-8-6-5-7-17(19)21-18(13-23)22(24)25-14(2)20(21)15-9-11-16(26-3)12-10-15/h5-12H,4H2,1-3H3,(H2,24,25). The van der Waals surface area contributed by atoms with Crippen LogP contribution in [0.5, 0.6) is 11.5 Å². The first kappa shape index (κ1) is 18.3. The van der Waals surface area contributed by atoms with E-state index in [4.69, 9.17) is 15.2 Å². The average molecular weight is 359 g/mol. The highest BCUT2D eigenvalue weighted by Crippen LogP contribution is 2.42. The van der Waals surface area contributed by atoms with E-state index in [-0.39, 0.29) is 5.82 Å². The minimum atomic E-state index is 0.216. The monoisotopic (exact) mass is 359 g/mol. The molecule has 0 saturated carbocycles. The Morgan fingerprint density at radius 2 is 1.78 bits per heavy atom. The highest BCUT2D eigenvalue weighted by Gasteiger charge is 2.21. The molecule has 1 aromatic heterocycles. The van der Waals surface area contributed by atoms with Crippen LogP contribution < -0.4 is 15.2 Å². The van der Waals surface area contributed by atoms with Crippen molar-refractivity contribution in [3.8, 4) is 39.8 Å². The third kappa shape index (κ3) is 3.42. The van der Waals surface area contributed by atoms with Gasteiger partial charge in [-0.1, -0.05) is 30.3 Å². The van der Waals surface area contributed by atoms with Gasteiger partial charge in [-0.15, -0.1) is 0 Å². The maximum absolute atomic E-state index is 9.79. The number of aryl methyl sites for hydroxylation is 1. The number of nitriles is 1. The van der Waals surface area contributed by atoms with Gasteiger partial charge < -0.3 is 15.2 Å². The summed E-state index contributed by atoms with van der Waals surface area (Å²) in [7, 11) is 1.63. The molecule has 5 heteroatoms. The van der Waals surface area contributed by atoms with Crippen molar-refractivity contribution in [2.45, 2.75) is 13.8 Å². The molecule has 3 rings (SSSR count). The Morgan fingerprint density at radius 1 is 1.07 bits per heavy atom. The Hall–Kier alpha value is -3.52. The molecule has 0 spiro atoms. The summed E-state index contributed by atoms with van der Waals surface area (Å²) >= 11 is 0. The number of aromatic nitrogens is 1. The topological polar surface area (TPSA) is 81.2 Å². The van der Waals surface area contributed by atoms with Crippen LogP contribution in [0.15, 0.2) is 48.5 Å². The highest BCUT2D eigenvalue weighted by atomic mass is 16.5. The van der Waals surface area contributed by atoms with Crippen LogP contribution in [0.3, 0.4) is 0 Å². The fourth-order valence-corrected chi connectivity index (χ4v) is 3.17. The predicted molar refractivity (Wildman–Crippen MR) is 107 cm³/mol. The molecule has 0 amide bonds. The number of nitrogen functional groups attached to an aromatic ring is 1. The Morgan fingerprint density at radius 3 is 2.41 bits per heavy atom. The first-order valence-electron chi connectivity index (χ1n) is 8.67. The van der Waals surface area contributed by atoms with Crippen molar-refractivity contribution >= 4 is 5.82 Å². The number of rotatable bonds is 5. The van der Waals surface area contributed by atoms with Crippen molar-refractivity contribution in [1.82, 2.24) is 4.98 Å². The summed E-state index contributed by atoms with van der Waals surface area (Å²) in [4.78, 5) is 4.41. The van der Waals surface area contributed by atoms with Crippen LogP contribution in [0.25, 0.3) is 22.3 Å². The average Bonchev–Trinajstić information content (AvgIpc) is 2.68. The van der Waals surface area contributed by atoms with Crippen molar-refractivity contribution in [3.63, 3.8) is 0 Å². The number of anilines is 1. The normalized spacial score (nSPS) is 10.3. The highest BCUT2D eigenvalue weighted by molar-refractivity contribution is 5.93. The first-order valence-corrected chi connectivity index (χ1v) is 8.67. The van der Waals surface area contributed by atoms with Gasteiger partial charge in [0.25, 0.3) is 0 Å². The minimum absolute atomic E-state index is 0.216. The smallest absolute Gasteiger partial charge is 0.142 e. The molecular formula is C22H21N3O2. The van der Waals surface area contributed by atoms with Crippen molar-refractivity contribution in [2.24, 2.45) is 0 Å². The van der Waals surface area contributed by atoms with Crippen LogP contribution in [0.2, 0.25) is 0 Å². The number of nitrogens with two attached hydrogens (primary N) is 1. The van der Waals surface area contributed by atoms with Crippen molar-refractivity contribution in [2.75, 3.05) is 19.5 Å². The van der Waals surface area contributed by atoms with Gasteiger partial charge in [0.2, 0.25) is 0 Å². The molecule has 27 heavy (non-hydrogen) atoms. The molecule has 2 aromatic carbocycles. The zero-order valence-corrected chi connectivity index (χ0v) is 15.6. The number of nitrogens with zero attached hydrogens (tertiary/aromatic N) is 2. The van der Waals surface area contributed by atoms with Crippen molar-refractivity contribution in [3.05, 3.63) is 59.8 Å². The second kappa shape index (κ2) is 7.79. The van der Waals surface area contributed by atoms with Gasteiger partial charge in [-0.2, -0.15) is 5.26 Å². The lowest BCUT2D eigenvalue weighted by molar-refractivity contribution is 0.341. The minimum Gasteiger partial charge on any atom is -0.497 e. The van der Waals surface area contributed by atoms with Gasteiger partial charge in [0.05, 0.1) is 13.7 Å². The molecule has 136 valence electrons. The van der Waals surface area contributed by atoms with Crippen LogP contribution in [0, 0.1) is 18.3 Å². The Bertz CT molecular complexity index is 1010. The molecule has 3 aromatic rings. The summed E-state index contributed by atoms with van der Waals surface area (Å²) in [6.45, 7) is 4.35. The van der Waals surface area contributed by atoms with E-state index in [1.54, 1.807) is 7.11 Å². The quantitative estimate of drug-likeness (QED) is 0.721. The van der Waals surface area contributed by atoms with Gasteiger partial charge in [0.15, 0.2) is 0 Å². The fourth-order valence-electron chi connectivity index (χ4n) is 3.17. The van der Waals surface area contributed by atoms with Crippen LogP contribution in [0.4, 0.5) is 5.82 Å². The van der Waals surface area contributed by atoms with E-state index in [9.17, 15) is 5.26 Å². The number of para-hydroxylation sites is 1. The predicted octanol–water partition coefficient (Wildman–Crippen LogP) is 4.59. The van der Waals surface area contributed by atoms with Gasteiger partial charge in [-0.3, -0.25) is 0 Å². The molecule has 0 aliphatic heterocycles. The van der Waals surface area contributed by atoms with Gasteiger partial charge in [-0.25, -0.2) is 4.98 Å². The van der Waals surface area contributed by atoms with E-state index < -0.39 is 0 Å². The summed E-state index contributed by atoms with van der Waals surface area (Å²) in [5.74, 6) is 1.68. The molecule has 0 atom stereocenters. The van der Waals surface area contributed by atoms with Crippen molar-refractivity contribution < 1.29 is 9.47 Å². The molecule has 0 bridgehead atoms. The number of methoxy groups -OCH3 is 1. The summed E-state index contributed by atoms with van der Waals surface area (Å²) < 4.78 is 11.1. The second-order valence-corrected chi connectivity index (χ2v) is 5.98. The zero-order valence-electron chi connectivity index (χ0n) is 15.6. The molecule has 2 N–H and O–H groups in total. The molecule has 0 fully saturated rings. The SMILES string of the molecule is CCOc1ccccc1-c1c(C#N)c(N)nc(C)c1-c1ccc(OC)cc1. The summed E-state index contributed by atoms with van der Waals surface area (Å²) in [5, 5.41) is 9.79. The van der Waals surface area contributed by atoms with Crippen molar-refractivity contribution in [1.29, 1.82) is 5.26 Å². The largest absolute Gasteiger partial charge is 0.497 e. The summed E-state index contributed by atoms with van der Waals surface area (Å²) in [5.41, 5.74) is 10.5. The lowest BCUT2D eigenvalue weighted by Gasteiger charge is -2.18. The number of pyridine rings is 1. The van der Waals surface area contributed by atoms with E-state index in [0.717, 1.165) is 33.7 Å². The van der Waals surface area contributed by atoms with Gasteiger partial charge in [0.1, 0.15) is 28.9 Å². The van der Waals surface area contributed by atoms with Gasteiger partial charge >= 0.3 is 0 Å². The number of ether oxygens (including phenoxy) is 2. The molecule has 0 unspecified atom stereocenters. The molecule has 5 nitrogen and oxygen atoms in total. The number of hydrogen-bond donors (Lipinski definition) is 1. The Balaban J connectivity index is 2.36. The summed E-state index contributed by atoms with van der Waals surface area (Å²) in [6.07, 6.45) is 0. The number of benzene rings is 2. The van der Waals surface area contributed by atoms with Crippen LogP contribution in [-0.4, -0.2) is 18.7 Å².